The van der Waals surface area contributed by atoms with E-state index in [0.29, 0.717) is 6.61 Å². The van der Waals surface area contributed by atoms with E-state index in [2.05, 4.69) is 4.98 Å². The lowest BCUT2D eigenvalue weighted by Gasteiger charge is -2.19. The first-order chi connectivity index (χ1) is 9.20. The summed E-state index contributed by atoms with van der Waals surface area (Å²) in [7, 11) is 0. The summed E-state index contributed by atoms with van der Waals surface area (Å²) in [5, 5.41) is 0. The third-order valence-electron chi connectivity index (χ3n) is 3.23. The quantitative estimate of drug-likeness (QED) is 0.621. The highest BCUT2D eigenvalue weighted by Gasteiger charge is 2.24. The van der Waals surface area contributed by atoms with Crippen LogP contribution in [0.3, 0.4) is 0 Å². The Kier molecular flexibility index (Phi) is 4.71. The third kappa shape index (κ3) is 3.66. The van der Waals surface area contributed by atoms with Crippen molar-refractivity contribution in [1.29, 1.82) is 0 Å². The summed E-state index contributed by atoms with van der Waals surface area (Å²) < 4.78 is 23.8. The van der Waals surface area contributed by atoms with E-state index in [1.54, 1.807) is 6.92 Å². The van der Waals surface area contributed by atoms with Gasteiger partial charge in [-0.1, -0.05) is 19.3 Å². The maximum atomic E-state index is 13.6. The number of pyridine rings is 1. The van der Waals surface area contributed by atoms with Crippen molar-refractivity contribution in [2.24, 2.45) is 5.92 Å². The number of hydrogen-bond donors (Lipinski definition) is 0. The summed E-state index contributed by atoms with van der Waals surface area (Å²) in [6.45, 7) is 2.20. The lowest BCUT2D eigenvalue weighted by Crippen LogP contribution is -2.23. The van der Waals surface area contributed by atoms with Crippen molar-refractivity contribution < 1.29 is 18.7 Å². The van der Waals surface area contributed by atoms with Gasteiger partial charge in [0.05, 0.1) is 12.5 Å². The molecular formula is C14H18FNO3. The summed E-state index contributed by atoms with van der Waals surface area (Å²) in [4.78, 5) is 15.5. The fourth-order valence-corrected chi connectivity index (χ4v) is 2.24. The molecule has 4 nitrogen and oxygen atoms in total. The van der Waals surface area contributed by atoms with Crippen LogP contribution in [0.5, 0.6) is 11.6 Å². The van der Waals surface area contributed by atoms with Crippen molar-refractivity contribution in [2.45, 2.75) is 39.0 Å². The summed E-state index contributed by atoms with van der Waals surface area (Å²) >= 11 is 0. The molecule has 1 saturated carbocycles. The molecule has 1 aromatic heterocycles. The van der Waals surface area contributed by atoms with Gasteiger partial charge in [0.15, 0.2) is 5.75 Å². The third-order valence-corrected chi connectivity index (χ3v) is 3.23. The molecule has 104 valence electrons. The Morgan fingerprint density at radius 3 is 2.74 bits per heavy atom. The van der Waals surface area contributed by atoms with E-state index in [4.69, 9.17) is 9.47 Å². The van der Waals surface area contributed by atoms with Crippen LogP contribution in [0.15, 0.2) is 12.1 Å². The standard InChI is InChI=1S/C14H18FNO3/c1-2-18-12-9-8-11(13(15)16-12)19-14(17)10-6-4-3-5-7-10/h8-10H,2-7H2,1H3. The van der Waals surface area contributed by atoms with Crippen molar-refractivity contribution in [3.63, 3.8) is 0 Å². The number of nitrogens with zero attached hydrogens (tertiary/aromatic N) is 1. The molecule has 0 N–H and O–H groups in total. The number of carbonyl (C=O) groups is 1. The van der Waals surface area contributed by atoms with E-state index in [1.807, 2.05) is 0 Å². The fourth-order valence-electron chi connectivity index (χ4n) is 2.24. The van der Waals surface area contributed by atoms with Gasteiger partial charge in [0.1, 0.15) is 0 Å². The molecule has 0 saturated heterocycles. The molecule has 1 aromatic rings. The van der Waals surface area contributed by atoms with Gasteiger partial charge in [0.25, 0.3) is 5.95 Å². The number of esters is 1. The highest BCUT2D eigenvalue weighted by atomic mass is 19.1. The minimum Gasteiger partial charge on any atom is -0.478 e. The van der Waals surface area contributed by atoms with Gasteiger partial charge in [0.2, 0.25) is 5.88 Å². The number of rotatable bonds is 4. The molecule has 1 aliphatic rings. The average molecular weight is 267 g/mol. The number of hydrogen-bond acceptors (Lipinski definition) is 4. The van der Waals surface area contributed by atoms with Crippen LogP contribution in [0, 0.1) is 11.9 Å². The van der Waals surface area contributed by atoms with Crippen LogP contribution in [0.2, 0.25) is 0 Å². The average Bonchev–Trinajstić information content (AvgIpc) is 2.43. The number of halogens is 1. The SMILES string of the molecule is CCOc1ccc(OC(=O)C2CCCCC2)c(F)n1. The molecule has 0 spiro atoms. The van der Waals surface area contributed by atoms with E-state index in [0.717, 1.165) is 32.1 Å². The van der Waals surface area contributed by atoms with E-state index in [-0.39, 0.29) is 23.5 Å². The van der Waals surface area contributed by atoms with Crippen molar-refractivity contribution in [3.05, 3.63) is 18.1 Å². The Morgan fingerprint density at radius 2 is 2.11 bits per heavy atom. The van der Waals surface area contributed by atoms with Gasteiger partial charge < -0.3 is 9.47 Å². The molecule has 0 aromatic carbocycles. The minimum atomic E-state index is -0.810. The molecule has 0 atom stereocenters. The van der Waals surface area contributed by atoms with E-state index >= 15 is 0 Å². The van der Waals surface area contributed by atoms with Gasteiger partial charge in [-0.15, -0.1) is 0 Å². The zero-order valence-corrected chi connectivity index (χ0v) is 11.0. The molecule has 0 bridgehead atoms. The molecule has 0 unspecified atom stereocenters. The number of ether oxygens (including phenoxy) is 2. The lowest BCUT2D eigenvalue weighted by atomic mass is 9.89. The van der Waals surface area contributed by atoms with Crippen molar-refractivity contribution in [2.75, 3.05) is 6.61 Å². The van der Waals surface area contributed by atoms with Crippen LogP contribution in [-0.2, 0) is 4.79 Å². The monoisotopic (exact) mass is 267 g/mol. The normalized spacial score (nSPS) is 16.1. The highest BCUT2D eigenvalue weighted by molar-refractivity contribution is 5.75. The summed E-state index contributed by atoms with van der Waals surface area (Å²) in [6, 6.07) is 2.88. The summed E-state index contributed by atoms with van der Waals surface area (Å²) in [5.74, 6) is -1.21. The molecule has 1 fully saturated rings. The van der Waals surface area contributed by atoms with Gasteiger partial charge in [-0.05, 0) is 25.8 Å². The zero-order valence-electron chi connectivity index (χ0n) is 11.0. The smallest absolute Gasteiger partial charge is 0.314 e. The summed E-state index contributed by atoms with van der Waals surface area (Å²) in [6.07, 6.45) is 4.87. The molecule has 0 aliphatic heterocycles. The molecule has 0 amide bonds. The van der Waals surface area contributed by atoms with Crippen LogP contribution in [0.4, 0.5) is 4.39 Å². The molecule has 19 heavy (non-hydrogen) atoms. The second-order valence-electron chi connectivity index (χ2n) is 4.63. The topological polar surface area (TPSA) is 48.4 Å². The Balaban J connectivity index is 2.00. The maximum absolute atomic E-state index is 13.6. The Bertz CT molecular complexity index is 444. The first kappa shape index (κ1) is 13.8. The highest BCUT2D eigenvalue weighted by Crippen LogP contribution is 2.26. The molecule has 1 heterocycles. The van der Waals surface area contributed by atoms with Crippen molar-refractivity contribution in [3.8, 4) is 11.6 Å². The second-order valence-corrected chi connectivity index (χ2v) is 4.63. The van der Waals surface area contributed by atoms with E-state index in [1.165, 1.54) is 12.1 Å². The molecule has 0 radical (unpaired) electrons. The number of carbonyl (C=O) groups excluding carboxylic acids is 1. The predicted octanol–water partition coefficient (Wildman–Crippen LogP) is 3.11. The lowest BCUT2D eigenvalue weighted by molar-refractivity contribution is -0.140. The first-order valence-electron chi connectivity index (χ1n) is 6.71. The van der Waals surface area contributed by atoms with Crippen molar-refractivity contribution in [1.82, 2.24) is 4.98 Å². The molecule has 2 rings (SSSR count). The first-order valence-corrected chi connectivity index (χ1v) is 6.71. The Hall–Kier alpha value is -1.65. The van der Waals surface area contributed by atoms with Gasteiger partial charge in [0, 0.05) is 6.07 Å². The van der Waals surface area contributed by atoms with Gasteiger partial charge in [-0.3, -0.25) is 4.79 Å². The Labute approximate surface area is 111 Å². The van der Waals surface area contributed by atoms with Gasteiger partial charge in [-0.25, -0.2) is 0 Å². The van der Waals surface area contributed by atoms with Gasteiger partial charge >= 0.3 is 5.97 Å². The summed E-state index contributed by atoms with van der Waals surface area (Å²) in [5.41, 5.74) is 0. The van der Waals surface area contributed by atoms with Crippen LogP contribution < -0.4 is 9.47 Å². The van der Waals surface area contributed by atoms with Crippen molar-refractivity contribution >= 4 is 5.97 Å². The fraction of sp³-hybridized carbons (Fsp3) is 0.571. The van der Waals surface area contributed by atoms with Gasteiger partial charge in [-0.2, -0.15) is 9.37 Å². The minimum absolute atomic E-state index is 0.111. The Morgan fingerprint density at radius 1 is 1.37 bits per heavy atom. The molecule has 5 heteroatoms. The molecular weight excluding hydrogens is 249 g/mol. The number of aromatic nitrogens is 1. The van der Waals surface area contributed by atoms with E-state index in [9.17, 15) is 9.18 Å². The van der Waals surface area contributed by atoms with Crippen LogP contribution in [0.1, 0.15) is 39.0 Å². The predicted molar refractivity (Wildman–Crippen MR) is 67.6 cm³/mol. The van der Waals surface area contributed by atoms with Crippen LogP contribution in [0.25, 0.3) is 0 Å². The molecule has 1 aliphatic carbocycles. The largest absolute Gasteiger partial charge is 0.478 e. The van der Waals surface area contributed by atoms with Crippen LogP contribution >= 0.6 is 0 Å². The maximum Gasteiger partial charge on any atom is 0.314 e. The van der Waals surface area contributed by atoms with Crippen LogP contribution in [-0.4, -0.2) is 17.6 Å². The zero-order chi connectivity index (χ0) is 13.7. The second kappa shape index (κ2) is 6.50. The van der Waals surface area contributed by atoms with E-state index < -0.39 is 5.95 Å².